The van der Waals surface area contributed by atoms with Gasteiger partial charge in [-0.3, -0.25) is 0 Å². The van der Waals surface area contributed by atoms with Crippen LogP contribution in [-0.4, -0.2) is 4.98 Å². The summed E-state index contributed by atoms with van der Waals surface area (Å²) in [5.74, 6) is 1.75. The van der Waals surface area contributed by atoms with Crippen LogP contribution in [0.15, 0.2) is 21.9 Å². The lowest BCUT2D eigenvalue weighted by Gasteiger charge is -2.00. The molecule has 0 saturated carbocycles. The van der Waals surface area contributed by atoms with Crippen molar-refractivity contribution in [3.05, 3.63) is 28.3 Å². The van der Waals surface area contributed by atoms with E-state index in [-0.39, 0.29) is 5.92 Å². The molecule has 0 radical (unpaired) electrons. The maximum Gasteiger partial charge on any atom is 0.153 e. The minimum absolute atomic E-state index is 0.0623. The number of aryl methyl sites for hydroxylation is 1. The average molecular weight is 246 g/mol. The predicted molar refractivity (Wildman–Crippen MR) is 67.7 cm³/mol. The molecule has 88 valence electrons. The van der Waals surface area contributed by atoms with Crippen LogP contribution in [0.2, 0.25) is 0 Å². The Balaban J connectivity index is 2.14. The van der Waals surface area contributed by atoms with Gasteiger partial charge in [-0.25, -0.2) is 4.98 Å². The molecule has 0 aliphatic heterocycles. The lowest BCUT2D eigenvalue weighted by atomic mass is 10.1. The Labute approximate surface area is 105 Å². The Morgan fingerprint density at radius 3 is 2.94 bits per heavy atom. The number of hydrogen-bond donors (Lipinski definition) is 0. The molecule has 4 heteroatoms. The fraction of sp³-hybridized carbons (Fsp3) is 0.385. The van der Waals surface area contributed by atoms with Crippen LogP contribution in [0.1, 0.15) is 24.1 Å². The molecule has 0 fully saturated rings. The molecular weight excluding hydrogens is 232 g/mol. The minimum Gasteiger partial charge on any atom is -0.460 e. The summed E-state index contributed by atoms with van der Waals surface area (Å²) in [5.41, 5.74) is 0.867. The number of furan rings is 1. The van der Waals surface area contributed by atoms with E-state index < -0.39 is 0 Å². The summed E-state index contributed by atoms with van der Waals surface area (Å²) in [6.45, 7) is 3.94. The Hall–Kier alpha value is -1.60. The van der Waals surface area contributed by atoms with Gasteiger partial charge in [0, 0.05) is 11.8 Å². The zero-order chi connectivity index (χ0) is 12.3. The Kier molecular flexibility index (Phi) is 3.60. The Bertz CT molecular complexity index is 536. The van der Waals surface area contributed by atoms with Gasteiger partial charge < -0.3 is 4.42 Å². The maximum absolute atomic E-state index is 8.92. The molecule has 2 heterocycles. The summed E-state index contributed by atoms with van der Waals surface area (Å²) >= 11 is 1.59. The highest BCUT2D eigenvalue weighted by molar-refractivity contribution is 7.09. The fourth-order valence-electron chi connectivity index (χ4n) is 1.58. The molecule has 0 spiro atoms. The molecule has 0 aliphatic carbocycles. The molecular formula is C13H14N2OS. The zero-order valence-electron chi connectivity index (χ0n) is 9.93. The normalized spacial score (nSPS) is 12.3. The topological polar surface area (TPSA) is 49.8 Å². The lowest BCUT2D eigenvalue weighted by Crippen LogP contribution is -1.99. The molecule has 2 rings (SSSR count). The second kappa shape index (κ2) is 5.15. The highest BCUT2D eigenvalue weighted by Gasteiger charge is 2.12. The van der Waals surface area contributed by atoms with Crippen molar-refractivity contribution in [1.29, 1.82) is 5.26 Å². The maximum atomic E-state index is 8.92. The molecule has 0 aromatic carbocycles. The quantitative estimate of drug-likeness (QED) is 0.824. The third-order valence-corrected chi connectivity index (χ3v) is 3.51. The van der Waals surface area contributed by atoms with Crippen molar-refractivity contribution >= 4 is 11.3 Å². The summed E-state index contributed by atoms with van der Waals surface area (Å²) in [5, 5.41) is 11.9. The summed E-state index contributed by atoms with van der Waals surface area (Å²) in [7, 11) is 0. The first-order valence-corrected chi connectivity index (χ1v) is 6.51. The third-order valence-electron chi connectivity index (χ3n) is 2.64. The molecule has 0 amide bonds. The highest BCUT2D eigenvalue weighted by atomic mass is 32.1. The number of nitrogens with zero attached hydrogens (tertiary/aromatic N) is 2. The van der Waals surface area contributed by atoms with Crippen LogP contribution in [0.5, 0.6) is 0 Å². The first-order chi connectivity index (χ1) is 8.22. The van der Waals surface area contributed by atoms with Gasteiger partial charge in [0.2, 0.25) is 0 Å². The van der Waals surface area contributed by atoms with Crippen molar-refractivity contribution in [2.75, 3.05) is 0 Å². The summed E-state index contributed by atoms with van der Waals surface area (Å²) < 4.78 is 5.52. The molecule has 2 aromatic heterocycles. The van der Waals surface area contributed by atoms with E-state index in [9.17, 15) is 0 Å². The number of thiazole rings is 1. The van der Waals surface area contributed by atoms with E-state index >= 15 is 0 Å². The van der Waals surface area contributed by atoms with E-state index in [0.717, 1.165) is 35.1 Å². The second-order valence-corrected chi connectivity index (χ2v) is 4.92. The monoisotopic (exact) mass is 246 g/mol. The summed E-state index contributed by atoms with van der Waals surface area (Å²) in [6, 6.07) is 6.15. The van der Waals surface area contributed by atoms with E-state index in [1.165, 1.54) is 0 Å². The van der Waals surface area contributed by atoms with Crippen molar-refractivity contribution < 1.29 is 4.42 Å². The van der Waals surface area contributed by atoms with Crippen LogP contribution >= 0.6 is 11.3 Å². The predicted octanol–water partition coefficient (Wildman–Crippen LogP) is 3.80. The van der Waals surface area contributed by atoms with Gasteiger partial charge in [0.05, 0.1) is 17.0 Å². The number of aromatic nitrogens is 1. The standard InChI is InChI=1S/C13H14N2OS/c1-3-10(7-14)6-13-15-11(8-17-13)12-5-4-9(2)16-12/h4-5,8,10H,3,6H2,1-2H3. The van der Waals surface area contributed by atoms with Gasteiger partial charge in [0.15, 0.2) is 5.76 Å². The first-order valence-electron chi connectivity index (χ1n) is 5.63. The molecule has 0 saturated heterocycles. The van der Waals surface area contributed by atoms with Crippen molar-refractivity contribution in [1.82, 2.24) is 4.98 Å². The van der Waals surface area contributed by atoms with Crippen LogP contribution in [0, 0.1) is 24.2 Å². The van der Waals surface area contributed by atoms with Gasteiger partial charge in [0.25, 0.3) is 0 Å². The van der Waals surface area contributed by atoms with Crippen LogP contribution in [-0.2, 0) is 6.42 Å². The van der Waals surface area contributed by atoms with Crippen molar-refractivity contribution in [2.24, 2.45) is 5.92 Å². The zero-order valence-corrected chi connectivity index (χ0v) is 10.8. The van der Waals surface area contributed by atoms with E-state index in [1.807, 2.05) is 31.4 Å². The van der Waals surface area contributed by atoms with Crippen molar-refractivity contribution in [3.63, 3.8) is 0 Å². The van der Waals surface area contributed by atoms with Gasteiger partial charge in [-0.2, -0.15) is 5.26 Å². The van der Waals surface area contributed by atoms with Crippen LogP contribution in [0.25, 0.3) is 11.5 Å². The molecule has 0 N–H and O–H groups in total. The second-order valence-electron chi connectivity index (χ2n) is 3.98. The molecule has 2 aromatic rings. The van der Waals surface area contributed by atoms with Gasteiger partial charge in [0.1, 0.15) is 11.5 Å². The van der Waals surface area contributed by atoms with Crippen molar-refractivity contribution in [3.8, 4) is 17.5 Å². The molecule has 0 bridgehead atoms. The van der Waals surface area contributed by atoms with Crippen LogP contribution < -0.4 is 0 Å². The molecule has 0 aliphatic rings. The number of rotatable bonds is 4. The summed E-state index contributed by atoms with van der Waals surface area (Å²) in [6.07, 6.45) is 1.60. The van der Waals surface area contributed by atoms with E-state index in [1.54, 1.807) is 11.3 Å². The molecule has 1 atom stereocenters. The molecule has 17 heavy (non-hydrogen) atoms. The lowest BCUT2D eigenvalue weighted by molar-refractivity contribution is 0.546. The van der Waals surface area contributed by atoms with E-state index in [2.05, 4.69) is 11.1 Å². The highest BCUT2D eigenvalue weighted by Crippen LogP contribution is 2.25. The Morgan fingerprint density at radius 2 is 2.35 bits per heavy atom. The minimum atomic E-state index is 0.0623. The molecule has 1 unspecified atom stereocenters. The summed E-state index contributed by atoms with van der Waals surface area (Å²) in [4.78, 5) is 4.50. The van der Waals surface area contributed by atoms with Gasteiger partial charge in [-0.1, -0.05) is 6.92 Å². The van der Waals surface area contributed by atoms with Crippen LogP contribution in [0.4, 0.5) is 0 Å². The largest absolute Gasteiger partial charge is 0.460 e. The SMILES string of the molecule is CCC(C#N)Cc1nc(-c2ccc(C)o2)cs1. The van der Waals surface area contributed by atoms with Gasteiger partial charge >= 0.3 is 0 Å². The molecule has 3 nitrogen and oxygen atoms in total. The third kappa shape index (κ3) is 2.75. The van der Waals surface area contributed by atoms with Gasteiger partial charge in [-0.05, 0) is 25.5 Å². The van der Waals surface area contributed by atoms with E-state index in [0.29, 0.717) is 0 Å². The fourth-order valence-corrected chi connectivity index (χ4v) is 2.45. The Morgan fingerprint density at radius 1 is 1.53 bits per heavy atom. The van der Waals surface area contributed by atoms with E-state index in [4.69, 9.17) is 9.68 Å². The first kappa shape index (κ1) is 11.9. The smallest absolute Gasteiger partial charge is 0.153 e. The van der Waals surface area contributed by atoms with Crippen LogP contribution in [0.3, 0.4) is 0 Å². The van der Waals surface area contributed by atoms with Gasteiger partial charge in [-0.15, -0.1) is 11.3 Å². The number of hydrogen-bond acceptors (Lipinski definition) is 4. The average Bonchev–Trinajstić information content (AvgIpc) is 2.94. The van der Waals surface area contributed by atoms with Crippen molar-refractivity contribution in [2.45, 2.75) is 26.7 Å². The number of nitriles is 1.